The van der Waals surface area contributed by atoms with E-state index in [9.17, 15) is 4.79 Å². The lowest BCUT2D eigenvalue weighted by atomic mass is 10.3. The van der Waals surface area contributed by atoms with Gasteiger partial charge >= 0.3 is 5.97 Å². The first-order valence-electron chi connectivity index (χ1n) is 6.87. The second kappa shape index (κ2) is 8.52. The third-order valence-corrected chi connectivity index (χ3v) is 3.98. The summed E-state index contributed by atoms with van der Waals surface area (Å²) in [5, 5.41) is 0.585. The number of rotatable bonds is 5. The Morgan fingerprint density at radius 2 is 1.96 bits per heavy atom. The third-order valence-electron chi connectivity index (χ3n) is 2.70. The monoisotopic (exact) mass is 346 g/mol. The summed E-state index contributed by atoms with van der Waals surface area (Å²) in [6.45, 7) is 3.51. The Hall–Kier alpha value is -2.09. The standard InChI is InChI=1S/C18H15ClO3S/c1-3-4-11-21-15-6-8-16(9-7-15)23-18-12-14(19)5-10-17(18)22-13(2)20/h5-10,12H,11H2,1-2H3. The van der Waals surface area contributed by atoms with Crippen molar-refractivity contribution in [3.63, 3.8) is 0 Å². The highest BCUT2D eigenvalue weighted by Crippen LogP contribution is 2.37. The highest BCUT2D eigenvalue weighted by atomic mass is 35.5. The van der Waals surface area contributed by atoms with Gasteiger partial charge in [0.2, 0.25) is 0 Å². The Labute approximate surface area is 144 Å². The number of benzene rings is 2. The molecule has 0 saturated carbocycles. The maximum Gasteiger partial charge on any atom is 0.308 e. The van der Waals surface area contributed by atoms with Crippen molar-refractivity contribution in [2.24, 2.45) is 0 Å². The van der Waals surface area contributed by atoms with E-state index in [1.165, 1.54) is 18.7 Å². The Bertz CT molecular complexity index is 745. The van der Waals surface area contributed by atoms with E-state index in [2.05, 4.69) is 11.8 Å². The summed E-state index contributed by atoms with van der Waals surface area (Å²) in [7, 11) is 0. The smallest absolute Gasteiger partial charge is 0.308 e. The molecule has 2 aromatic carbocycles. The summed E-state index contributed by atoms with van der Waals surface area (Å²) in [6.07, 6.45) is 0. The van der Waals surface area contributed by atoms with Gasteiger partial charge in [0.05, 0.1) is 4.90 Å². The van der Waals surface area contributed by atoms with Crippen molar-refractivity contribution < 1.29 is 14.3 Å². The molecule has 2 rings (SSSR count). The van der Waals surface area contributed by atoms with Crippen LogP contribution in [0.2, 0.25) is 5.02 Å². The first kappa shape index (κ1) is 17.3. The SMILES string of the molecule is CC#CCOc1ccc(Sc2cc(Cl)ccc2OC(C)=O)cc1. The Morgan fingerprint density at radius 1 is 1.22 bits per heavy atom. The fourth-order valence-electron chi connectivity index (χ4n) is 1.72. The number of esters is 1. The van der Waals surface area contributed by atoms with Crippen molar-refractivity contribution in [3.8, 4) is 23.3 Å². The average Bonchev–Trinajstić information content (AvgIpc) is 2.52. The normalized spacial score (nSPS) is 9.70. The molecule has 0 aromatic heterocycles. The lowest BCUT2D eigenvalue weighted by molar-refractivity contribution is -0.132. The highest BCUT2D eigenvalue weighted by molar-refractivity contribution is 7.99. The molecule has 0 amide bonds. The van der Waals surface area contributed by atoms with E-state index in [0.717, 1.165) is 15.5 Å². The summed E-state index contributed by atoms with van der Waals surface area (Å²) in [5.74, 6) is 6.50. The van der Waals surface area contributed by atoms with Crippen LogP contribution in [-0.2, 0) is 4.79 Å². The highest BCUT2D eigenvalue weighted by Gasteiger charge is 2.09. The first-order valence-corrected chi connectivity index (χ1v) is 8.06. The van der Waals surface area contributed by atoms with E-state index in [-0.39, 0.29) is 5.97 Å². The van der Waals surface area contributed by atoms with Crippen LogP contribution in [0.15, 0.2) is 52.3 Å². The van der Waals surface area contributed by atoms with Crippen LogP contribution < -0.4 is 9.47 Å². The number of halogens is 1. The van der Waals surface area contributed by atoms with E-state index >= 15 is 0 Å². The van der Waals surface area contributed by atoms with E-state index < -0.39 is 0 Å². The van der Waals surface area contributed by atoms with Gasteiger partial charge in [-0.25, -0.2) is 0 Å². The molecule has 0 atom stereocenters. The maximum atomic E-state index is 11.2. The molecular weight excluding hydrogens is 332 g/mol. The van der Waals surface area contributed by atoms with Crippen molar-refractivity contribution in [1.82, 2.24) is 0 Å². The van der Waals surface area contributed by atoms with E-state index in [4.69, 9.17) is 21.1 Å². The van der Waals surface area contributed by atoms with Crippen LogP contribution in [0, 0.1) is 11.8 Å². The molecule has 5 heteroatoms. The molecule has 0 radical (unpaired) electrons. The predicted molar refractivity (Wildman–Crippen MR) is 92.3 cm³/mol. The number of carbonyl (C=O) groups excluding carboxylic acids is 1. The van der Waals surface area contributed by atoms with Gasteiger partial charge in [0.15, 0.2) is 0 Å². The third kappa shape index (κ3) is 5.55. The molecule has 0 spiro atoms. The fraction of sp³-hybridized carbons (Fsp3) is 0.167. The number of carbonyl (C=O) groups is 1. The molecule has 0 saturated heterocycles. The van der Waals surface area contributed by atoms with Gasteiger partial charge in [0.1, 0.15) is 18.1 Å². The quantitative estimate of drug-likeness (QED) is 0.442. The molecule has 0 unspecified atom stereocenters. The fourth-order valence-corrected chi connectivity index (χ4v) is 2.88. The van der Waals surface area contributed by atoms with Gasteiger partial charge in [0, 0.05) is 16.8 Å². The number of hydrogen-bond donors (Lipinski definition) is 0. The lowest BCUT2D eigenvalue weighted by Crippen LogP contribution is -2.02. The Balaban J connectivity index is 2.13. The van der Waals surface area contributed by atoms with Crippen LogP contribution in [0.4, 0.5) is 0 Å². The predicted octanol–water partition coefficient (Wildman–Crippen LogP) is 4.82. The van der Waals surface area contributed by atoms with E-state index in [1.54, 1.807) is 25.1 Å². The topological polar surface area (TPSA) is 35.5 Å². The molecule has 3 nitrogen and oxygen atoms in total. The largest absolute Gasteiger partial charge is 0.481 e. The molecule has 0 aliphatic carbocycles. The van der Waals surface area contributed by atoms with Gasteiger partial charge in [-0.15, -0.1) is 5.92 Å². The molecule has 0 aliphatic heterocycles. The molecule has 118 valence electrons. The van der Waals surface area contributed by atoms with Gasteiger partial charge in [0.25, 0.3) is 0 Å². The van der Waals surface area contributed by atoms with Crippen LogP contribution in [0.3, 0.4) is 0 Å². The molecular formula is C18H15ClO3S. The minimum absolute atomic E-state index is 0.366. The summed E-state index contributed by atoms with van der Waals surface area (Å²) in [6, 6.07) is 12.7. The zero-order valence-corrected chi connectivity index (χ0v) is 14.3. The summed E-state index contributed by atoms with van der Waals surface area (Å²) in [4.78, 5) is 12.9. The molecule has 0 N–H and O–H groups in total. The molecule has 0 heterocycles. The second-order valence-corrected chi connectivity index (χ2v) is 6.03. The summed E-state index contributed by atoms with van der Waals surface area (Å²) >= 11 is 7.49. The minimum Gasteiger partial charge on any atom is -0.481 e. The molecule has 0 bridgehead atoms. The van der Waals surface area contributed by atoms with Crippen molar-refractivity contribution in [3.05, 3.63) is 47.5 Å². The zero-order chi connectivity index (χ0) is 16.7. The van der Waals surface area contributed by atoms with Gasteiger partial charge in [-0.1, -0.05) is 29.3 Å². The first-order chi connectivity index (χ1) is 11.1. The van der Waals surface area contributed by atoms with Crippen molar-refractivity contribution in [2.45, 2.75) is 23.6 Å². The molecule has 2 aromatic rings. The number of hydrogen-bond acceptors (Lipinski definition) is 4. The van der Waals surface area contributed by atoms with Crippen LogP contribution >= 0.6 is 23.4 Å². The lowest BCUT2D eigenvalue weighted by Gasteiger charge is -2.09. The second-order valence-electron chi connectivity index (χ2n) is 4.47. The van der Waals surface area contributed by atoms with Crippen molar-refractivity contribution >= 4 is 29.3 Å². The maximum absolute atomic E-state index is 11.2. The summed E-state index contributed by atoms with van der Waals surface area (Å²) in [5.41, 5.74) is 0. The van der Waals surface area contributed by atoms with E-state index in [0.29, 0.717) is 17.4 Å². The van der Waals surface area contributed by atoms with Crippen molar-refractivity contribution in [1.29, 1.82) is 0 Å². The van der Waals surface area contributed by atoms with Gasteiger partial charge < -0.3 is 9.47 Å². The number of ether oxygens (including phenoxy) is 2. The average molecular weight is 347 g/mol. The minimum atomic E-state index is -0.366. The molecule has 0 aliphatic rings. The van der Waals surface area contributed by atoms with Crippen molar-refractivity contribution in [2.75, 3.05) is 6.61 Å². The van der Waals surface area contributed by atoms with Gasteiger partial charge in [-0.2, -0.15) is 0 Å². The molecule has 23 heavy (non-hydrogen) atoms. The van der Waals surface area contributed by atoms with Gasteiger partial charge in [-0.05, 0) is 49.4 Å². The Morgan fingerprint density at radius 3 is 2.61 bits per heavy atom. The van der Waals surface area contributed by atoms with Crippen LogP contribution in [0.1, 0.15) is 13.8 Å². The summed E-state index contributed by atoms with van der Waals surface area (Å²) < 4.78 is 10.7. The Kier molecular flexibility index (Phi) is 6.40. The molecule has 0 fully saturated rings. The van der Waals surface area contributed by atoms with Gasteiger partial charge in [-0.3, -0.25) is 4.79 Å². The van der Waals surface area contributed by atoms with E-state index in [1.807, 2.05) is 24.3 Å². The van der Waals surface area contributed by atoms with Crippen LogP contribution in [0.25, 0.3) is 0 Å². The van der Waals surface area contributed by atoms with Crippen LogP contribution in [-0.4, -0.2) is 12.6 Å². The zero-order valence-electron chi connectivity index (χ0n) is 12.8. The van der Waals surface area contributed by atoms with Crippen LogP contribution in [0.5, 0.6) is 11.5 Å².